The van der Waals surface area contributed by atoms with Crippen molar-refractivity contribution in [2.45, 2.75) is 18.8 Å². The van der Waals surface area contributed by atoms with E-state index in [2.05, 4.69) is 4.74 Å². The molecule has 1 rings (SSSR count). The highest BCUT2D eigenvalue weighted by Gasteiger charge is 2.62. The van der Waals surface area contributed by atoms with Gasteiger partial charge >= 0.3 is 17.9 Å². The van der Waals surface area contributed by atoms with Gasteiger partial charge in [0.25, 0.3) is 5.91 Å². The fourth-order valence-electron chi connectivity index (χ4n) is 1.33. The first-order valence-electron chi connectivity index (χ1n) is 5.38. The van der Waals surface area contributed by atoms with Gasteiger partial charge in [0.2, 0.25) is 0 Å². The minimum atomic E-state index is -5.42. The Morgan fingerprint density at radius 2 is 1.70 bits per heavy atom. The molecule has 8 heteroatoms. The Morgan fingerprint density at radius 3 is 2.10 bits per heavy atom. The van der Waals surface area contributed by atoms with E-state index < -0.39 is 23.8 Å². The molecule has 20 heavy (non-hydrogen) atoms. The molecule has 1 unspecified atom stereocenters. The minimum absolute atomic E-state index is 0.137. The van der Waals surface area contributed by atoms with Gasteiger partial charge in [-0.1, -0.05) is 17.7 Å². The fourth-order valence-corrected chi connectivity index (χ4v) is 1.33. The second-order valence-electron chi connectivity index (χ2n) is 4.02. The van der Waals surface area contributed by atoms with Crippen molar-refractivity contribution in [2.24, 2.45) is 0 Å². The summed E-state index contributed by atoms with van der Waals surface area (Å²) in [5.74, 6) is -3.28. The third-order valence-corrected chi connectivity index (χ3v) is 2.50. The average molecular weight is 291 g/mol. The molecule has 0 radical (unpaired) electrons. The van der Waals surface area contributed by atoms with E-state index in [1.807, 2.05) is 0 Å². The maximum atomic E-state index is 12.7. The van der Waals surface area contributed by atoms with Crippen LogP contribution in [0.1, 0.15) is 15.9 Å². The number of nitrogens with one attached hydrogen (secondary N) is 1. The Hall–Kier alpha value is -2.09. The summed E-state index contributed by atoms with van der Waals surface area (Å²) in [5, 5.41) is 10.6. The maximum Gasteiger partial charge on any atom is 0.448 e. The lowest BCUT2D eigenvalue weighted by Gasteiger charge is -2.28. The minimum Gasteiger partial charge on any atom is -0.465 e. The summed E-state index contributed by atoms with van der Waals surface area (Å²) in [6.45, 7) is 1.72. The molecule has 5 nitrogen and oxygen atoms in total. The Balaban J connectivity index is 3.05. The van der Waals surface area contributed by atoms with Gasteiger partial charge in [-0.2, -0.15) is 13.2 Å². The Labute approximate surface area is 112 Å². The van der Waals surface area contributed by atoms with E-state index in [4.69, 9.17) is 0 Å². The third-order valence-electron chi connectivity index (χ3n) is 2.50. The molecule has 0 aliphatic rings. The average Bonchev–Trinajstić information content (AvgIpc) is 2.36. The van der Waals surface area contributed by atoms with E-state index in [1.165, 1.54) is 29.6 Å². The molecule has 110 valence electrons. The number of carbonyl (C=O) groups excluding carboxylic acids is 2. The molecule has 0 heterocycles. The fraction of sp³-hybridized carbons (Fsp3) is 0.333. The molecule has 0 saturated heterocycles. The first kappa shape index (κ1) is 16.0. The molecule has 0 aliphatic heterocycles. The van der Waals surface area contributed by atoms with Gasteiger partial charge in [-0.15, -0.1) is 0 Å². The van der Waals surface area contributed by atoms with Crippen LogP contribution in [0, 0.1) is 6.92 Å². The summed E-state index contributed by atoms with van der Waals surface area (Å²) in [6.07, 6.45) is -5.42. The Kier molecular flexibility index (Phi) is 4.39. The van der Waals surface area contributed by atoms with Crippen molar-refractivity contribution in [3.8, 4) is 0 Å². The molecule has 0 saturated carbocycles. The molecule has 1 aromatic carbocycles. The van der Waals surface area contributed by atoms with Crippen molar-refractivity contribution >= 4 is 11.9 Å². The van der Waals surface area contributed by atoms with Crippen LogP contribution >= 0.6 is 0 Å². The zero-order chi connectivity index (χ0) is 15.6. The highest BCUT2D eigenvalue weighted by molar-refractivity contribution is 5.97. The van der Waals surface area contributed by atoms with Crippen molar-refractivity contribution in [3.63, 3.8) is 0 Å². The molecule has 0 fully saturated rings. The molecule has 2 N–H and O–H groups in total. The highest BCUT2D eigenvalue weighted by atomic mass is 19.4. The lowest BCUT2D eigenvalue weighted by atomic mass is 10.1. The zero-order valence-electron chi connectivity index (χ0n) is 10.6. The van der Waals surface area contributed by atoms with Crippen LogP contribution in [0.3, 0.4) is 0 Å². The molecule has 0 aliphatic carbocycles. The van der Waals surface area contributed by atoms with Crippen LogP contribution < -0.4 is 5.32 Å². The summed E-state index contributed by atoms with van der Waals surface area (Å²) in [6, 6.07) is 5.52. The first-order chi connectivity index (χ1) is 9.11. The van der Waals surface area contributed by atoms with Gasteiger partial charge in [-0.25, -0.2) is 4.79 Å². The van der Waals surface area contributed by atoms with E-state index in [0.29, 0.717) is 7.11 Å². The molecule has 0 aromatic heterocycles. The standard InChI is InChI=1S/C12H12F3NO4/c1-7-3-5-8(6-4-7)9(17)16-11(19,10(18)20-2)12(13,14)15/h3-6,19H,1-2H3,(H,16,17). The number of ether oxygens (including phenoxy) is 1. The number of carbonyl (C=O) groups is 2. The summed E-state index contributed by atoms with van der Waals surface area (Å²) < 4.78 is 42.0. The van der Waals surface area contributed by atoms with Crippen molar-refractivity contribution in [1.29, 1.82) is 0 Å². The number of aryl methyl sites for hydroxylation is 1. The number of alkyl halides is 3. The van der Waals surface area contributed by atoms with Gasteiger partial charge in [-0.05, 0) is 19.1 Å². The highest BCUT2D eigenvalue weighted by Crippen LogP contribution is 2.29. The quantitative estimate of drug-likeness (QED) is 0.647. The van der Waals surface area contributed by atoms with Gasteiger partial charge in [-0.3, -0.25) is 4.79 Å². The molecule has 1 aromatic rings. The smallest absolute Gasteiger partial charge is 0.448 e. The molecule has 1 amide bonds. The molecule has 0 bridgehead atoms. The number of methoxy groups -OCH3 is 1. The summed E-state index contributed by atoms with van der Waals surface area (Å²) in [5.41, 5.74) is -3.44. The lowest BCUT2D eigenvalue weighted by Crippen LogP contribution is -2.64. The monoisotopic (exact) mass is 291 g/mol. The van der Waals surface area contributed by atoms with E-state index in [0.717, 1.165) is 5.56 Å². The number of benzene rings is 1. The predicted molar refractivity (Wildman–Crippen MR) is 61.7 cm³/mol. The van der Waals surface area contributed by atoms with Crippen LogP contribution in [0.4, 0.5) is 13.2 Å². The predicted octanol–water partition coefficient (Wildman–Crippen LogP) is 1.15. The number of hydrogen-bond acceptors (Lipinski definition) is 4. The second kappa shape index (κ2) is 5.49. The van der Waals surface area contributed by atoms with Gasteiger partial charge in [0.05, 0.1) is 7.11 Å². The summed E-state index contributed by atoms with van der Waals surface area (Å²) >= 11 is 0. The maximum absolute atomic E-state index is 12.7. The lowest BCUT2D eigenvalue weighted by molar-refractivity contribution is -0.268. The number of rotatable bonds is 3. The van der Waals surface area contributed by atoms with Crippen molar-refractivity contribution in [1.82, 2.24) is 5.32 Å². The van der Waals surface area contributed by atoms with Gasteiger partial charge in [0.1, 0.15) is 0 Å². The number of esters is 1. The molecule has 0 spiro atoms. The van der Waals surface area contributed by atoms with Crippen molar-refractivity contribution in [3.05, 3.63) is 35.4 Å². The van der Waals surface area contributed by atoms with Crippen LogP contribution in [0.15, 0.2) is 24.3 Å². The van der Waals surface area contributed by atoms with Crippen LogP contribution in [0.25, 0.3) is 0 Å². The number of aliphatic hydroxyl groups is 1. The van der Waals surface area contributed by atoms with Gasteiger partial charge < -0.3 is 15.2 Å². The van der Waals surface area contributed by atoms with E-state index in [9.17, 15) is 27.9 Å². The molecular formula is C12H12F3NO4. The van der Waals surface area contributed by atoms with Crippen LogP contribution in [-0.4, -0.2) is 36.0 Å². The Morgan fingerprint density at radius 1 is 1.20 bits per heavy atom. The molecular weight excluding hydrogens is 279 g/mol. The van der Waals surface area contributed by atoms with Gasteiger partial charge in [0, 0.05) is 5.56 Å². The van der Waals surface area contributed by atoms with E-state index in [-0.39, 0.29) is 5.56 Å². The summed E-state index contributed by atoms with van der Waals surface area (Å²) in [7, 11) is 0.664. The van der Waals surface area contributed by atoms with Crippen molar-refractivity contribution < 1.29 is 32.6 Å². The van der Waals surface area contributed by atoms with E-state index >= 15 is 0 Å². The number of hydrogen-bond donors (Lipinski definition) is 2. The molecule has 1 atom stereocenters. The summed E-state index contributed by atoms with van der Waals surface area (Å²) in [4.78, 5) is 22.8. The normalized spacial score (nSPS) is 14.3. The Bertz CT molecular complexity index is 512. The number of halogens is 3. The topological polar surface area (TPSA) is 75.6 Å². The number of amides is 1. The van der Waals surface area contributed by atoms with E-state index in [1.54, 1.807) is 6.92 Å². The zero-order valence-corrected chi connectivity index (χ0v) is 10.6. The van der Waals surface area contributed by atoms with Crippen LogP contribution in [0.5, 0.6) is 0 Å². The second-order valence-corrected chi connectivity index (χ2v) is 4.02. The van der Waals surface area contributed by atoms with Gasteiger partial charge in [0.15, 0.2) is 0 Å². The van der Waals surface area contributed by atoms with Crippen molar-refractivity contribution in [2.75, 3.05) is 7.11 Å². The largest absolute Gasteiger partial charge is 0.465 e. The first-order valence-corrected chi connectivity index (χ1v) is 5.38. The van der Waals surface area contributed by atoms with Crippen LogP contribution in [0.2, 0.25) is 0 Å². The third kappa shape index (κ3) is 3.08. The SMILES string of the molecule is COC(=O)C(O)(NC(=O)c1ccc(C)cc1)C(F)(F)F. The van der Waals surface area contributed by atoms with Crippen LogP contribution in [-0.2, 0) is 9.53 Å².